The molecule has 0 saturated carbocycles. The van der Waals surface area contributed by atoms with Crippen LogP contribution in [0.4, 0.5) is 0 Å². The molecule has 2 aromatic carbocycles. The molecule has 2 rings (SSSR count). The Kier molecular flexibility index (Phi) is 7.75. The maximum atomic E-state index is 11.8. The lowest BCUT2D eigenvalue weighted by Gasteiger charge is -2.09. The predicted molar refractivity (Wildman–Crippen MR) is 102 cm³/mol. The largest absolute Gasteiger partial charge is 0.492 e. The molecule has 5 nitrogen and oxygen atoms in total. The highest BCUT2D eigenvalue weighted by molar-refractivity contribution is 6.35. The van der Waals surface area contributed by atoms with Crippen LogP contribution in [0.1, 0.15) is 24.0 Å². The van der Waals surface area contributed by atoms with Crippen LogP contribution < -0.4 is 15.6 Å². The molecule has 2 amide bonds. The van der Waals surface area contributed by atoms with Gasteiger partial charge in [-0.15, -0.1) is 0 Å². The van der Waals surface area contributed by atoms with Gasteiger partial charge in [-0.1, -0.05) is 53.0 Å². The monoisotopic (exact) mass is 394 g/mol. The van der Waals surface area contributed by atoms with Crippen LogP contribution in [-0.4, -0.2) is 18.4 Å². The van der Waals surface area contributed by atoms with Gasteiger partial charge in [-0.25, -0.2) is 0 Å². The van der Waals surface area contributed by atoms with E-state index in [-0.39, 0.29) is 24.7 Å². The standard InChI is InChI=1S/C19H20Cl2N2O3/c1-13-4-6-14(7-5-13)11-19(25)23-22-18(24)3-2-10-26-17-9-8-15(20)12-16(17)21/h4-9,12H,2-3,10-11H2,1H3,(H,22,24)(H,23,25). The fourth-order valence-corrected chi connectivity index (χ4v) is 2.61. The van der Waals surface area contributed by atoms with E-state index >= 15 is 0 Å². The molecule has 26 heavy (non-hydrogen) atoms. The van der Waals surface area contributed by atoms with E-state index in [1.54, 1.807) is 18.2 Å². The van der Waals surface area contributed by atoms with Crippen molar-refractivity contribution >= 4 is 35.0 Å². The Hall–Kier alpha value is -2.24. The van der Waals surface area contributed by atoms with Crippen molar-refractivity contribution in [1.29, 1.82) is 0 Å². The van der Waals surface area contributed by atoms with E-state index in [9.17, 15) is 9.59 Å². The quantitative estimate of drug-likeness (QED) is 0.553. The Balaban J connectivity index is 1.62. The molecular formula is C19H20Cl2N2O3. The summed E-state index contributed by atoms with van der Waals surface area (Å²) >= 11 is 11.8. The summed E-state index contributed by atoms with van der Waals surface area (Å²) in [4.78, 5) is 23.5. The number of hydrazine groups is 1. The lowest BCUT2D eigenvalue weighted by Crippen LogP contribution is -2.42. The molecule has 0 saturated heterocycles. The van der Waals surface area contributed by atoms with Gasteiger partial charge >= 0.3 is 0 Å². The van der Waals surface area contributed by atoms with Gasteiger partial charge in [0.2, 0.25) is 11.8 Å². The number of hydrogen-bond donors (Lipinski definition) is 2. The zero-order valence-corrected chi connectivity index (χ0v) is 15.9. The second kappa shape index (κ2) is 10.0. The Morgan fingerprint density at radius 1 is 1.00 bits per heavy atom. The van der Waals surface area contributed by atoms with Gasteiger partial charge < -0.3 is 4.74 Å². The average molecular weight is 395 g/mol. The first kappa shape index (κ1) is 20.1. The third-order valence-corrected chi connectivity index (χ3v) is 4.06. The molecule has 0 aliphatic rings. The van der Waals surface area contributed by atoms with Crippen molar-refractivity contribution in [1.82, 2.24) is 10.9 Å². The van der Waals surface area contributed by atoms with Crippen LogP contribution in [-0.2, 0) is 16.0 Å². The van der Waals surface area contributed by atoms with E-state index < -0.39 is 0 Å². The molecule has 7 heteroatoms. The molecule has 2 aromatic rings. The average Bonchev–Trinajstić information content (AvgIpc) is 2.60. The second-order valence-corrected chi connectivity index (χ2v) is 6.63. The summed E-state index contributed by atoms with van der Waals surface area (Å²) in [5.41, 5.74) is 6.81. The number of nitrogens with one attached hydrogen (secondary N) is 2. The number of hydrogen-bond acceptors (Lipinski definition) is 3. The molecule has 0 radical (unpaired) electrons. The molecule has 0 spiro atoms. The number of rotatable bonds is 7. The van der Waals surface area contributed by atoms with Crippen LogP contribution in [0.3, 0.4) is 0 Å². The predicted octanol–water partition coefficient (Wildman–Crippen LogP) is 3.85. The number of ether oxygens (including phenoxy) is 1. The normalized spacial score (nSPS) is 10.3. The zero-order chi connectivity index (χ0) is 18.9. The fourth-order valence-electron chi connectivity index (χ4n) is 2.14. The van der Waals surface area contributed by atoms with E-state index in [0.29, 0.717) is 28.8 Å². The second-order valence-electron chi connectivity index (χ2n) is 5.79. The van der Waals surface area contributed by atoms with Gasteiger partial charge in [0.1, 0.15) is 5.75 Å². The van der Waals surface area contributed by atoms with Crippen LogP contribution in [0.5, 0.6) is 5.75 Å². The third kappa shape index (κ3) is 6.94. The Labute approximate surface area is 162 Å². The number of carbonyl (C=O) groups is 2. The number of benzene rings is 2. The number of halogens is 2. The summed E-state index contributed by atoms with van der Waals surface area (Å²) in [6.45, 7) is 2.31. The van der Waals surface area contributed by atoms with Crippen molar-refractivity contribution in [2.75, 3.05) is 6.61 Å². The SMILES string of the molecule is Cc1ccc(CC(=O)NNC(=O)CCCOc2ccc(Cl)cc2Cl)cc1. The molecule has 0 atom stereocenters. The van der Waals surface area contributed by atoms with Crippen molar-refractivity contribution < 1.29 is 14.3 Å². The first-order chi connectivity index (χ1) is 12.4. The van der Waals surface area contributed by atoms with Crippen LogP contribution in [0.15, 0.2) is 42.5 Å². The van der Waals surface area contributed by atoms with Crippen molar-refractivity contribution in [2.24, 2.45) is 0 Å². The summed E-state index contributed by atoms with van der Waals surface area (Å²) in [7, 11) is 0. The smallest absolute Gasteiger partial charge is 0.242 e. The minimum absolute atomic E-state index is 0.207. The zero-order valence-electron chi connectivity index (χ0n) is 14.4. The summed E-state index contributed by atoms with van der Waals surface area (Å²) in [6, 6.07) is 12.6. The van der Waals surface area contributed by atoms with Crippen LogP contribution >= 0.6 is 23.2 Å². The fraction of sp³-hybridized carbons (Fsp3) is 0.263. The van der Waals surface area contributed by atoms with Gasteiger partial charge in [-0.2, -0.15) is 0 Å². The highest BCUT2D eigenvalue weighted by Crippen LogP contribution is 2.27. The first-order valence-electron chi connectivity index (χ1n) is 8.15. The molecule has 0 unspecified atom stereocenters. The van der Waals surface area contributed by atoms with Crippen molar-refractivity contribution in [2.45, 2.75) is 26.2 Å². The Morgan fingerprint density at radius 3 is 2.38 bits per heavy atom. The van der Waals surface area contributed by atoms with E-state index in [4.69, 9.17) is 27.9 Å². The van der Waals surface area contributed by atoms with E-state index in [0.717, 1.165) is 11.1 Å². The van der Waals surface area contributed by atoms with Gasteiger partial charge in [-0.05, 0) is 37.1 Å². The topological polar surface area (TPSA) is 67.4 Å². The van der Waals surface area contributed by atoms with Gasteiger partial charge in [0.05, 0.1) is 18.1 Å². The van der Waals surface area contributed by atoms with Crippen molar-refractivity contribution in [3.05, 3.63) is 63.6 Å². The molecule has 0 heterocycles. The highest BCUT2D eigenvalue weighted by atomic mass is 35.5. The summed E-state index contributed by atoms with van der Waals surface area (Å²) < 4.78 is 5.50. The highest BCUT2D eigenvalue weighted by Gasteiger charge is 2.07. The van der Waals surface area contributed by atoms with E-state index in [2.05, 4.69) is 10.9 Å². The molecular weight excluding hydrogens is 375 g/mol. The number of aryl methyl sites for hydroxylation is 1. The minimum Gasteiger partial charge on any atom is -0.492 e. The van der Waals surface area contributed by atoms with E-state index in [1.165, 1.54) is 0 Å². The third-order valence-electron chi connectivity index (χ3n) is 3.53. The summed E-state index contributed by atoms with van der Waals surface area (Å²) in [5, 5.41) is 0.952. The Bertz CT molecular complexity index is 764. The molecule has 138 valence electrons. The lowest BCUT2D eigenvalue weighted by molar-refractivity contribution is -0.128. The molecule has 0 aliphatic heterocycles. The van der Waals surface area contributed by atoms with Crippen LogP contribution in [0.2, 0.25) is 10.0 Å². The first-order valence-corrected chi connectivity index (χ1v) is 8.91. The van der Waals surface area contributed by atoms with Crippen LogP contribution in [0, 0.1) is 6.92 Å². The van der Waals surface area contributed by atoms with Gasteiger partial charge in [-0.3, -0.25) is 20.4 Å². The van der Waals surface area contributed by atoms with Crippen molar-refractivity contribution in [3.63, 3.8) is 0 Å². The maximum absolute atomic E-state index is 11.8. The van der Waals surface area contributed by atoms with Crippen LogP contribution in [0.25, 0.3) is 0 Å². The minimum atomic E-state index is -0.284. The molecule has 0 bridgehead atoms. The molecule has 2 N–H and O–H groups in total. The summed E-state index contributed by atoms with van der Waals surface area (Å²) in [6.07, 6.45) is 0.910. The molecule has 0 fully saturated rings. The van der Waals surface area contributed by atoms with E-state index in [1.807, 2.05) is 31.2 Å². The number of carbonyl (C=O) groups excluding carboxylic acids is 2. The maximum Gasteiger partial charge on any atom is 0.242 e. The Morgan fingerprint density at radius 2 is 1.69 bits per heavy atom. The van der Waals surface area contributed by atoms with Gasteiger partial charge in [0.25, 0.3) is 0 Å². The van der Waals surface area contributed by atoms with Gasteiger partial charge in [0, 0.05) is 11.4 Å². The summed E-state index contributed by atoms with van der Waals surface area (Å²) in [5.74, 6) is -0.0395. The molecule has 0 aliphatic carbocycles. The molecule has 0 aromatic heterocycles. The van der Waals surface area contributed by atoms with Crippen molar-refractivity contribution in [3.8, 4) is 5.75 Å². The van der Waals surface area contributed by atoms with Gasteiger partial charge in [0.15, 0.2) is 0 Å². The lowest BCUT2D eigenvalue weighted by atomic mass is 10.1. The number of amides is 2.